The first-order chi connectivity index (χ1) is 7.18. The minimum absolute atomic E-state index is 0.0826. The molecule has 0 radical (unpaired) electrons. The number of hydrogen-bond acceptors (Lipinski definition) is 4. The summed E-state index contributed by atoms with van der Waals surface area (Å²) in [4.78, 5) is 0. The molecule has 5 heteroatoms. The zero-order chi connectivity index (χ0) is 10.8. The van der Waals surface area contributed by atoms with Gasteiger partial charge in [-0.1, -0.05) is 11.2 Å². The summed E-state index contributed by atoms with van der Waals surface area (Å²) in [6, 6.07) is 5.83. The second-order valence-electron chi connectivity index (χ2n) is 3.50. The molecule has 1 aromatic heterocycles. The number of benzene rings is 1. The van der Waals surface area contributed by atoms with Gasteiger partial charge in [0.15, 0.2) is 11.4 Å². The van der Waals surface area contributed by atoms with E-state index in [0.29, 0.717) is 6.54 Å². The Bertz CT molecular complexity index is 467. The summed E-state index contributed by atoms with van der Waals surface area (Å²) in [7, 11) is 0. The molecule has 3 N–H and O–H groups in total. The van der Waals surface area contributed by atoms with Crippen molar-refractivity contribution in [2.75, 3.05) is 11.9 Å². The molecule has 2 aromatic rings. The van der Waals surface area contributed by atoms with Crippen LogP contribution in [0.15, 0.2) is 27.2 Å². The Morgan fingerprint density at radius 3 is 3.13 bits per heavy atom. The molecule has 15 heavy (non-hydrogen) atoms. The highest BCUT2D eigenvalue weighted by Crippen LogP contribution is 2.29. The summed E-state index contributed by atoms with van der Waals surface area (Å²) in [5.41, 5.74) is 6.42. The van der Waals surface area contributed by atoms with E-state index in [2.05, 4.69) is 26.4 Å². The second kappa shape index (κ2) is 4.20. The molecule has 0 aliphatic carbocycles. The highest BCUT2D eigenvalue weighted by molar-refractivity contribution is 9.10. The molecule has 4 nitrogen and oxygen atoms in total. The predicted molar refractivity (Wildman–Crippen MR) is 63.8 cm³/mol. The Morgan fingerprint density at radius 2 is 2.40 bits per heavy atom. The molecule has 0 saturated carbocycles. The molecule has 1 unspecified atom stereocenters. The van der Waals surface area contributed by atoms with Crippen molar-refractivity contribution in [3.05, 3.63) is 22.7 Å². The van der Waals surface area contributed by atoms with E-state index >= 15 is 0 Å². The van der Waals surface area contributed by atoms with Crippen molar-refractivity contribution in [3.8, 4) is 0 Å². The van der Waals surface area contributed by atoms with E-state index in [-0.39, 0.29) is 6.04 Å². The predicted octanol–water partition coefficient (Wildman–Crippen LogP) is 2.35. The third-order valence-corrected chi connectivity index (χ3v) is 2.70. The average molecular weight is 270 g/mol. The van der Waals surface area contributed by atoms with Crippen LogP contribution in [-0.4, -0.2) is 17.7 Å². The van der Waals surface area contributed by atoms with E-state index in [1.165, 1.54) is 0 Å². The lowest BCUT2D eigenvalue weighted by molar-refractivity contribution is 0.459. The quantitative estimate of drug-likeness (QED) is 0.898. The van der Waals surface area contributed by atoms with Gasteiger partial charge in [-0.2, -0.15) is 0 Å². The van der Waals surface area contributed by atoms with Crippen molar-refractivity contribution in [2.45, 2.75) is 13.0 Å². The molecule has 0 spiro atoms. The standard InChI is InChI=1S/C10H12BrN3O/c1-6(12)5-13-10-9-7(11)3-2-4-8(9)15-14-10/h2-4,6H,5,12H2,1H3,(H,13,14). The largest absolute Gasteiger partial charge is 0.365 e. The van der Waals surface area contributed by atoms with Crippen LogP contribution < -0.4 is 11.1 Å². The van der Waals surface area contributed by atoms with E-state index in [1.54, 1.807) is 0 Å². The number of aromatic nitrogens is 1. The van der Waals surface area contributed by atoms with Gasteiger partial charge < -0.3 is 15.6 Å². The fourth-order valence-corrected chi connectivity index (χ4v) is 1.86. The smallest absolute Gasteiger partial charge is 0.178 e. The van der Waals surface area contributed by atoms with Crippen LogP contribution in [0.3, 0.4) is 0 Å². The third kappa shape index (κ3) is 2.13. The number of rotatable bonds is 3. The first kappa shape index (κ1) is 10.4. The lowest BCUT2D eigenvalue weighted by atomic mass is 10.2. The number of nitrogens with one attached hydrogen (secondary N) is 1. The van der Waals surface area contributed by atoms with E-state index < -0.39 is 0 Å². The Kier molecular flexibility index (Phi) is 2.93. The van der Waals surface area contributed by atoms with Crippen LogP contribution >= 0.6 is 15.9 Å². The van der Waals surface area contributed by atoms with Gasteiger partial charge in [-0.3, -0.25) is 0 Å². The highest BCUT2D eigenvalue weighted by atomic mass is 79.9. The highest BCUT2D eigenvalue weighted by Gasteiger charge is 2.10. The topological polar surface area (TPSA) is 64.1 Å². The summed E-state index contributed by atoms with van der Waals surface area (Å²) < 4.78 is 6.14. The Hall–Kier alpha value is -1.07. The fourth-order valence-electron chi connectivity index (χ4n) is 1.33. The number of hydrogen-bond donors (Lipinski definition) is 2. The summed E-state index contributed by atoms with van der Waals surface area (Å²) in [5.74, 6) is 0.731. The van der Waals surface area contributed by atoms with Crippen LogP contribution in [0.1, 0.15) is 6.92 Å². The van der Waals surface area contributed by atoms with Crippen LogP contribution in [0.25, 0.3) is 11.0 Å². The number of halogens is 1. The first-order valence-electron chi connectivity index (χ1n) is 4.72. The van der Waals surface area contributed by atoms with Crippen molar-refractivity contribution in [2.24, 2.45) is 5.73 Å². The number of nitrogens with two attached hydrogens (primary N) is 1. The van der Waals surface area contributed by atoms with Crippen LogP contribution in [0.4, 0.5) is 5.82 Å². The first-order valence-corrected chi connectivity index (χ1v) is 5.51. The maximum Gasteiger partial charge on any atom is 0.178 e. The van der Waals surface area contributed by atoms with Gasteiger partial charge in [-0.05, 0) is 35.0 Å². The molecular weight excluding hydrogens is 258 g/mol. The van der Waals surface area contributed by atoms with Crippen molar-refractivity contribution >= 4 is 32.7 Å². The molecule has 0 aliphatic heterocycles. The van der Waals surface area contributed by atoms with Crippen molar-refractivity contribution in [1.29, 1.82) is 0 Å². The minimum atomic E-state index is 0.0826. The summed E-state index contributed by atoms with van der Waals surface area (Å²) >= 11 is 3.46. The van der Waals surface area contributed by atoms with Gasteiger partial charge in [-0.25, -0.2) is 0 Å². The van der Waals surface area contributed by atoms with Crippen molar-refractivity contribution in [1.82, 2.24) is 5.16 Å². The Labute approximate surface area is 95.9 Å². The summed E-state index contributed by atoms with van der Waals surface area (Å²) in [6.07, 6.45) is 0. The number of anilines is 1. The van der Waals surface area contributed by atoms with E-state index in [1.807, 2.05) is 25.1 Å². The van der Waals surface area contributed by atoms with E-state index in [0.717, 1.165) is 21.3 Å². The van der Waals surface area contributed by atoms with Gasteiger partial charge >= 0.3 is 0 Å². The normalized spacial score (nSPS) is 13.0. The van der Waals surface area contributed by atoms with Crippen LogP contribution in [0, 0.1) is 0 Å². The SMILES string of the molecule is CC(N)CNc1noc2cccc(Br)c12. The molecule has 2 rings (SSSR count). The summed E-state index contributed by atoms with van der Waals surface area (Å²) in [5, 5.41) is 8.06. The molecule has 0 saturated heterocycles. The zero-order valence-corrected chi connectivity index (χ0v) is 9.91. The van der Waals surface area contributed by atoms with E-state index in [4.69, 9.17) is 10.3 Å². The Balaban J connectivity index is 2.35. The molecule has 0 bridgehead atoms. The average Bonchev–Trinajstić information content (AvgIpc) is 2.59. The maximum absolute atomic E-state index is 5.66. The number of nitrogens with zero attached hydrogens (tertiary/aromatic N) is 1. The Morgan fingerprint density at radius 1 is 1.60 bits per heavy atom. The zero-order valence-electron chi connectivity index (χ0n) is 8.33. The van der Waals surface area contributed by atoms with Crippen LogP contribution in [-0.2, 0) is 0 Å². The fraction of sp³-hybridized carbons (Fsp3) is 0.300. The molecule has 0 amide bonds. The summed E-state index contributed by atoms with van der Waals surface area (Å²) in [6.45, 7) is 2.60. The molecule has 0 fully saturated rings. The third-order valence-electron chi connectivity index (χ3n) is 2.04. The second-order valence-corrected chi connectivity index (χ2v) is 4.36. The van der Waals surface area contributed by atoms with Gasteiger partial charge in [0.2, 0.25) is 0 Å². The minimum Gasteiger partial charge on any atom is -0.365 e. The molecule has 1 aromatic carbocycles. The van der Waals surface area contributed by atoms with Crippen molar-refractivity contribution < 1.29 is 4.52 Å². The molecule has 1 atom stereocenters. The molecule has 1 heterocycles. The van der Waals surface area contributed by atoms with E-state index in [9.17, 15) is 0 Å². The van der Waals surface area contributed by atoms with Crippen LogP contribution in [0.5, 0.6) is 0 Å². The number of fused-ring (bicyclic) bond motifs is 1. The van der Waals surface area contributed by atoms with Gasteiger partial charge in [-0.15, -0.1) is 0 Å². The van der Waals surface area contributed by atoms with Crippen LogP contribution in [0.2, 0.25) is 0 Å². The van der Waals surface area contributed by atoms with Crippen molar-refractivity contribution in [3.63, 3.8) is 0 Å². The molecular formula is C10H12BrN3O. The monoisotopic (exact) mass is 269 g/mol. The lowest BCUT2D eigenvalue weighted by Crippen LogP contribution is -2.25. The van der Waals surface area contributed by atoms with Gasteiger partial charge in [0.1, 0.15) is 0 Å². The maximum atomic E-state index is 5.66. The van der Waals surface area contributed by atoms with Gasteiger partial charge in [0, 0.05) is 17.1 Å². The van der Waals surface area contributed by atoms with Gasteiger partial charge in [0.25, 0.3) is 0 Å². The molecule has 80 valence electrons. The lowest BCUT2D eigenvalue weighted by Gasteiger charge is -2.05. The van der Waals surface area contributed by atoms with Gasteiger partial charge in [0.05, 0.1) is 5.39 Å². The molecule has 0 aliphatic rings.